The number of nitrogens with one attached hydrogen (secondary N) is 2. The van der Waals surface area contributed by atoms with Gasteiger partial charge in [-0.25, -0.2) is 9.97 Å². The molecule has 3 aromatic rings. The van der Waals surface area contributed by atoms with Gasteiger partial charge in [-0.1, -0.05) is 25.6 Å². The second kappa shape index (κ2) is 9.38. The molecule has 160 valence electrons. The Bertz CT molecular complexity index is 1080. The molecule has 7 nitrogen and oxygen atoms in total. The number of para-hydroxylation sites is 2. The average Bonchev–Trinajstić information content (AvgIpc) is 3.30. The molecule has 31 heavy (non-hydrogen) atoms. The fourth-order valence-corrected chi connectivity index (χ4v) is 3.22. The summed E-state index contributed by atoms with van der Waals surface area (Å²) in [6, 6.07) is 13.2. The Morgan fingerprint density at radius 2 is 2.03 bits per heavy atom. The van der Waals surface area contributed by atoms with E-state index < -0.39 is 0 Å². The van der Waals surface area contributed by atoms with Crippen LogP contribution in [-0.2, 0) is 0 Å². The number of fused-ring (bicyclic) bond motifs is 1. The van der Waals surface area contributed by atoms with Gasteiger partial charge in [0.25, 0.3) is 0 Å². The molecule has 2 aromatic heterocycles. The smallest absolute Gasteiger partial charge is 0.192 e. The quantitative estimate of drug-likeness (QED) is 0.506. The zero-order chi connectivity index (χ0) is 21.6. The largest absolute Gasteiger partial charge is 0.485 e. The molecule has 3 heterocycles. The number of hydrogen-bond donors (Lipinski definition) is 2. The summed E-state index contributed by atoms with van der Waals surface area (Å²) in [4.78, 5) is 9.19. The molecule has 0 saturated heterocycles. The minimum Gasteiger partial charge on any atom is -0.485 e. The van der Waals surface area contributed by atoms with E-state index in [9.17, 15) is 0 Å². The SMILES string of the molecule is C=C(/C=C(\NCCC)c1ccco1)Nc1cc(C)nc(C2COc3ccccc3O2)n1. The molecule has 1 aromatic carbocycles. The molecular formula is C24H26N4O3. The van der Waals surface area contributed by atoms with Crippen molar-refractivity contribution in [1.29, 1.82) is 0 Å². The molecule has 0 radical (unpaired) electrons. The Morgan fingerprint density at radius 1 is 1.19 bits per heavy atom. The van der Waals surface area contributed by atoms with Crippen molar-refractivity contribution in [3.63, 3.8) is 0 Å². The van der Waals surface area contributed by atoms with Gasteiger partial charge in [-0.3, -0.25) is 0 Å². The van der Waals surface area contributed by atoms with Crippen molar-refractivity contribution >= 4 is 11.5 Å². The Balaban J connectivity index is 1.51. The number of aromatic nitrogens is 2. The number of ether oxygens (including phenoxy) is 2. The maximum absolute atomic E-state index is 6.06. The predicted octanol–water partition coefficient (Wildman–Crippen LogP) is 4.86. The molecule has 1 aliphatic heterocycles. The second-order valence-corrected chi connectivity index (χ2v) is 7.23. The minimum absolute atomic E-state index is 0.352. The Hall–Kier alpha value is -3.74. The van der Waals surface area contributed by atoms with Gasteiger partial charge in [0.1, 0.15) is 18.2 Å². The Kier molecular flexibility index (Phi) is 6.21. The van der Waals surface area contributed by atoms with Crippen LogP contribution in [0.2, 0.25) is 0 Å². The van der Waals surface area contributed by atoms with Crippen LogP contribution in [0.15, 0.2) is 71.5 Å². The maximum atomic E-state index is 6.06. The van der Waals surface area contributed by atoms with Gasteiger partial charge in [-0.2, -0.15) is 0 Å². The lowest BCUT2D eigenvalue weighted by Gasteiger charge is -2.25. The van der Waals surface area contributed by atoms with Crippen LogP contribution in [-0.4, -0.2) is 23.1 Å². The Labute approximate surface area is 181 Å². The molecular weight excluding hydrogens is 392 g/mol. The van der Waals surface area contributed by atoms with Gasteiger partial charge in [0.2, 0.25) is 0 Å². The summed E-state index contributed by atoms with van der Waals surface area (Å²) in [6.45, 7) is 9.34. The summed E-state index contributed by atoms with van der Waals surface area (Å²) in [5, 5.41) is 6.62. The lowest BCUT2D eigenvalue weighted by molar-refractivity contribution is 0.0850. The van der Waals surface area contributed by atoms with Crippen LogP contribution in [0.1, 0.15) is 36.7 Å². The van der Waals surface area contributed by atoms with Crippen LogP contribution in [0, 0.1) is 6.92 Å². The van der Waals surface area contributed by atoms with Crippen LogP contribution in [0.25, 0.3) is 5.70 Å². The predicted molar refractivity (Wildman–Crippen MR) is 120 cm³/mol. The number of nitrogens with zero attached hydrogens (tertiary/aromatic N) is 2. The summed E-state index contributed by atoms with van der Waals surface area (Å²) in [6.07, 6.45) is 4.17. The molecule has 0 aliphatic carbocycles. The lowest BCUT2D eigenvalue weighted by atomic mass is 10.2. The number of aryl methyl sites for hydroxylation is 1. The van der Waals surface area contributed by atoms with Crippen molar-refractivity contribution in [3.05, 3.63) is 84.4 Å². The van der Waals surface area contributed by atoms with Crippen LogP contribution in [0.4, 0.5) is 5.82 Å². The number of allylic oxidation sites excluding steroid dienone is 1. The highest BCUT2D eigenvalue weighted by Crippen LogP contribution is 2.35. The molecule has 0 saturated carbocycles. The third-order valence-corrected chi connectivity index (χ3v) is 4.63. The van der Waals surface area contributed by atoms with Crippen LogP contribution >= 0.6 is 0 Å². The first kappa shape index (κ1) is 20.5. The fourth-order valence-electron chi connectivity index (χ4n) is 3.22. The van der Waals surface area contributed by atoms with Gasteiger partial charge in [0, 0.05) is 24.0 Å². The van der Waals surface area contributed by atoms with Crippen LogP contribution < -0.4 is 20.1 Å². The summed E-state index contributed by atoms with van der Waals surface area (Å²) < 4.78 is 17.4. The topological polar surface area (TPSA) is 81.4 Å². The van der Waals surface area contributed by atoms with Gasteiger partial charge < -0.3 is 24.5 Å². The third kappa shape index (κ3) is 5.06. The number of benzene rings is 1. The molecule has 0 amide bonds. The average molecular weight is 418 g/mol. The normalized spacial score (nSPS) is 15.4. The summed E-state index contributed by atoms with van der Waals surface area (Å²) in [5.41, 5.74) is 2.35. The number of furan rings is 1. The van der Waals surface area contributed by atoms with Gasteiger partial charge in [-0.15, -0.1) is 0 Å². The minimum atomic E-state index is -0.385. The van der Waals surface area contributed by atoms with Crippen molar-refractivity contribution in [3.8, 4) is 11.5 Å². The lowest BCUT2D eigenvalue weighted by Crippen LogP contribution is -2.24. The molecule has 1 aliphatic rings. The molecule has 0 spiro atoms. The van der Waals surface area contributed by atoms with Gasteiger partial charge in [-0.05, 0) is 43.7 Å². The Morgan fingerprint density at radius 3 is 2.81 bits per heavy atom. The summed E-state index contributed by atoms with van der Waals surface area (Å²) in [7, 11) is 0. The van der Waals surface area contributed by atoms with E-state index in [2.05, 4.69) is 34.1 Å². The van der Waals surface area contributed by atoms with Crippen molar-refractivity contribution in [2.24, 2.45) is 0 Å². The van der Waals surface area contributed by atoms with Crippen LogP contribution in [0.3, 0.4) is 0 Å². The number of rotatable bonds is 8. The van der Waals surface area contributed by atoms with E-state index >= 15 is 0 Å². The standard InChI is InChI=1S/C24H26N4O3/c1-4-11-25-18(19-10-7-12-29-19)13-16(2)26-23-14-17(3)27-24(28-23)22-15-30-20-8-5-6-9-21(20)31-22/h5-10,12-14,22,25H,2,4,11,15H2,1,3H3,(H,26,27,28)/b18-13-. The molecule has 0 bridgehead atoms. The maximum Gasteiger partial charge on any atom is 0.192 e. The second-order valence-electron chi connectivity index (χ2n) is 7.23. The van der Waals surface area contributed by atoms with E-state index in [1.54, 1.807) is 6.26 Å². The van der Waals surface area contributed by atoms with Crippen molar-refractivity contribution in [1.82, 2.24) is 15.3 Å². The molecule has 1 atom stereocenters. The highest BCUT2D eigenvalue weighted by atomic mass is 16.6. The molecule has 2 N–H and O–H groups in total. The summed E-state index contributed by atoms with van der Waals surface area (Å²) >= 11 is 0. The number of anilines is 1. The first-order valence-corrected chi connectivity index (χ1v) is 10.3. The molecule has 1 unspecified atom stereocenters. The zero-order valence-electron chi connectivity index (χ0n) is 17.7. The molecule has 0 fully saturated rings. The van der Waals surface area contributed by atoms with E-state index in [0.29, 0.717) is 29.7 Å². The van der Waals surface area contributed by atoms with E-state index in [0.717, 1.165) is 35.9 Å². The third-order valence-electron chi connectivity index (χ3n) is 4.63. The van der Waals surface area contributed by atoms with Crippen molar-refractivity contribution in [2.75, 3.05) is 18.5 Å². The van der Waals surface area contributed by atoms with Crippen molar-refractivity contribution < 1.29 is 13.9 Å². The van der Waals surface area contributed by atoms with E-state index in [1.165, 1.54) is 0 Å². The first-order valence-electron chi connectivity index (χ1n) is 10.3. The number of hydrogen-bond acceptors (Lipinski definition) is 7. The van der Waals surface area contributed by atoms with Gasteiger partial charge >= 0.3 is 0 Å². The first-order chi connectivity index (χ1) is 15.1. The van der Waals surface area contributed by atoms with E-state index in [1.807, 2.05) is 55.5 Å². The highest BCUT2D eigenvalue weighted by Gasteiger charge is 2.25. The van der Waals surface area contributed by atoms with Gasteiger partial charge in [0.05, 0.1) is 12.0 Å². The van der Waals surface area contributed by atoms with Crippen LogP contribution in [0.5, 0.6) is 11.5 Å². The molecule has 7 heteroatoms. The summed E-state index contributed by atoms with van der Waals surface area (Å²) in [5.74, 6) is 3.37. The molecule has 4 rings (SSSR count). The van der Waals surface area contributed by atoms with Crippen molar-refractivity contribution in [2.45, 2.75) is 26.4 Å². The highest BCUT2D eigenvalue weighted by molar-refractivity contribution is 5.64. The fraction of sp³-hybridized carbons (Fsp3) is 0.250. The van der Waals surface area contributed by atoms with E-state index in [-0.39, 0.29) is 6.10 Å². The van der Waals surface area contributed by atoms with E-state index in [4.69, 9.17) is 13.9 Å². The zero-order valence-corrected chi connectivity index (χ0v) is 17.7. The van der Waals surface area contributed by atoms with Gasteiger partial charge in [0.15, 0.2) is 23.4 Å². The monoisotopic (exact) mass is 418 g/mol.